The van der Waals surface area contributed by atoms with Gasteiger partial charge in [-0.25, -0.2) is 0 Å². The van der Waals surface area contributed by atoms with Crippen molar-refractivity contribution in [1.29, 1.82) is 0 Å². The third kappa shape index (κ3) is 3.99. The number of nitrogens with zero attached hydrogens (tertiary/aromatic N) is 1. The van der Waals surface area contributed by atoms with E-state index in [9.17, 15) is 4.79 Å². The molecule has 1 atom stereocenters. The minimum Gasteiger partial charge on any atom is -0.495 e. The van der Waals surface area contributed by atoms with Crippen molar-refractivity contribution >= 4 is 11.6 Å². The van der Waals surface area contributed by atoms with Crippen LogP contribution in [-0.4, -0.2) is 43.7 Å². The molecule has 0 saturated carbocycles. The van der Waals surface area contributed by atoms with Gasteiger partial charge in [0.1, 0.15) is 11.9 Å². The first kappa shape index (κ1) is 18.0. The molecule has 0 spiro atoms. The highest BCUT2D eigenvalue weighted by molar-refractivity contribution is 5.96. The van der Waals surface area contributed by atoms with Gasteiger partial charge in [-0.15, -0.1) is 0 Å². The zero-order valence-corrected chi connectivity index (χ0v) is 15.7. The number of methoxy groups -OCH3 is 1. The van der Waals surface area contributed by atoms with Gasteiger partial charge in [-0.1, -0.05) is 36.4 Å². The summed E-state index contributed by atoms with van der Waals surface area (Å²) >= 11 is 0. The standard InChI is InChI=1S/C22H26N2O3/c1-26-19-11-10-17-8-5-9-18(17)21(19)23-22(25)20-15-24(12-13-27-20)14-16-6-3-2-4-7-16/h2-4,6-7,10-11,20H,5,8-9,12-15H2,1H3,(H,23,25). The number of hydrogen-bond acceptors (Lipinski definition) is 4. The fourth-order valence-electron chi connectivity index (χ4n) is 4.00. The minimum atomic E-state index is -0.468. The molecule has 1 fully saturated rings. The molecule has 1 unspecified atom stereocenters. The number of benzene rings is 2. The number of carbonyl (C=O) groups excluding carboxylic acids is 1. The Morgan fingerprint density at radius 1 is 1.22 bits per heavy atom. The Kier molecular flexibility index (Phi) is 5.41. The maximum Gasteiger partial charge on any atom is 0.254 e. The Bertz CT molecular complexity index is 807. The number of aryl methyl sites for hydroxylation is 1. The number of fused-ring (bicyclic) bond motifs is 1. The first-order valence-electron chi connectivity index (χ1n) is 9.62. The summed E-state index contributed by atoms with van der Waals surface area (Å²) < 4.78 is 11.3. The van der Waals surface area contributed by atoms with Gasteiger partial charge in [-0.3, -0.25) is 9.69 Å². The number of nitrogens with one attached hydrogen (secondary N) is 1. The molecule has 1 N–H and O–H groups in total. The summed E-state index contributed by atoms with van der Waals surface area (Å²) in [5, 5.41) is 3.10. The van der Waals surface area contributed by atoms with Crippen LogP contribution < -0.4 is 10.1 Å². The van der Waals surface area contributed by atoms with E-state index in [-0.39, 0.29) is 5.91 Å². The maximum absolute atomic E-state index is 12.9. The molecule has 1 amide bonds. The van der Waals surface area contributed by atoms with E-state index < -0.39 is 6.10 Å². The van der Waals surface area contributed by atoms with E-state index >= 15 is 0 Å². The van der Waals surface area contributed by atoms with E-state index in [1.165, 1.54) is 16.7 Å². The van der Waals surface area contributed by atoms with Crippen LogP contribution in [0.5, 0.6) is 5.75 Å². The normalized spacial score (nSPS) is 19.5. The Labute approximate surface area is 160 Å². The van der Waals surface area contributed by atoms with Crippen molar-refractivity contribution < 1.29 is 14.3 Å². The number of carbonyl (C=O) groups is 1. The molecule has 2 aromatic rings. The summed E-state index contributed by atoms with van der Waals surface area (Å²) in [7, 11) is 1.64. The summed E-state index contributed by atoms with van der Waals surface area (Å²) in [5.41, 5.74) is 4.59. The maximum atomic E-state index is 12.9. The Hall–Kier alpha value is -2.37. The molecule has 1 aliphatic heterocycles. The van der Waals surface area contributed by atoms with Crippen molar-refractivity contribution in [2.24, 2.45) is 0 Å². The van der Waals surface area contributed by atoms with Crippen molar-refractivity contribution in [3.63, 3.8) is 0 Å². The molecule has 1 heterocycles. The van der Waals surface area contributed by atoms with Crippen molar-refractivity contribution in [3.8, 4) is 5.75 Å². The Morgan fingerprint density at radius 2 is 2.07 bits per heavy atom. The fraction of sp³-hybridized carbons (Fsp3) is 0.409. The van der Waals surface area contributed by atoms with Gasteiger partial charge < -0.3 is 14.8 Å². The Balaban J connectivity index is 1.45. The SMILES string of the molecule is COc1ccc2c(c1NC(=O)C1CN(Cc3ccccc3)CCO1)CCC2. The van der Waals surface area contributed by atoms with Gasteiger partial charge in [-0.05, 0) is 42.0 Å². The molecule has 4 rings (SSSR count). The highest BCUT2D eigenvalue weighted by Gasteiger charge is 2.29. The highest BCUT2D eigenvalue weighted by atomic mass is 16.5. The second-order valence-corrected chi connectivity index (χ2v) is 7.20. The van der Waals surface area contributed by atoms with E-state index in [2.05, 4.69) is 28.4 Å². The quantitative estimate of drug-likeness (QED) is 0.884. The lowest BCUT2D eigenvalue weighted by Gasteiger charge is -2.32. The lowest BCUT2D eigenvalue weighted by Crippen LogP contribution is -2.47. The molecule has 5 nitrogen and oxygen atoms in total. The highest BCUT2D eigenvalue weighted by Crippen LogP contribution is 2.36. The van der Waals surface area contributed by atoms with Gasteiger partial charge >= 0.3 is 0 Å². The number of rotatable bonds is 5. The number of amides is 1. The first-order valence-corrected chi connectivity index (χ1v) is 9.62. The minimum absolute atomic E-state index is 0.0913. The van der Waals surface area contributed by atoms with Gasteiger partial charge in [0.05, 0.1) is 19.4 Å². The van der Waals surface area contributed by atoms with Crippen LogP contribution in [0.15, 0.2) is 42.5 Å². The van der Waals surface area contributed by atoms with Crippen LogP contribution >= 0.6 is 0 Å². The third-order valence-electron chi connectivity index (χ3n) is 5.40. The average molecular weight is 366 g/mol. The lowest BCUT2D eigenvalue weighted by atomic mass is 10.1. The number of morpholine rings is 1. The summed E-state index contributed by atoms with van der Waals surface area (Å²) in [6.07, 6.45) is 2.70. The summed E-state index contributed by atoms with van der Waals surface area (Å²) in [4.78, 5) is 15.2. The summed E-state index contributed by atoms with van der Waals surface area (Å²) in [6.45, 7) is 2.83. The average Bonchev–Trinajstić information content (AvgIpc) is 3.18. The first-order chi connectivity index (χ1) is 13.2. The van der Waals surface area contributed by atoms with Gasteiger partial charge in [-0.2, -0.15) is 0 Å². The molecule has 27 heavy (non-hydrogen) atoms. The second-order valence-electron chi connectivity index (χ2n) is 7.20. The van der Waals surface area contributed by atoms with Crippen LogP contribution in [0.2, 0.25) is 0 Å². The molecule has 142 valence electrons. The summed E-state index contributed by atoms with van der Waals surface area (Å²) in [6, 6.07) is 14.4. The van der Waals surface area contributed by atoms with Crippen molar-refractivity contribution in [3.05, 3.63) is 59.2 Å². The van der Waals surface area contributed by atoms with E-state index in [4.69, 9.17) is 9.47 Å². The lowest BCUT2D eigenvalue weighted by molar-refractivity contribution is -0.133. The van der Waals surface area contributed by atoms with Crippen LogP contribution in [-0.2, 0) is 28.9 Å². The van der Waals surface area contributed by atoms with Crippen LogP contribution in [0.4, 0.5) is 5.69 Å². The van der Waals surface area contributed by atoms with Gasteiger partial charge in [0.15, 0.2) is 0 Å². The molecular weight excluding hydrogens is 340 g/mol. The number of anilines is 1. The molecule has 5 heteroatoms. The molecule has 1 saturated heterocycles. The van der Waals surface area contributed by atoms with Crippen molar-refractivity contribution in [2.45, 2.75) is 31.9 Å². The molecule has 1 aliphatic carbocycles. The monoisotopic (exact) mass is 366 g/mol. The van der Waals surface area contributed by atoms with Crippen LogP contribution in [0.25, 0.3) is 0 Å². The van der Waals surface area contributed by atoms with Crippen LogP contribution in [0.3, 0.4) is 0 Å². The molecule has 2 aliphatic rings. The third-order valence-corrected chi connectivity index (χ3v) is 5.40. The Morgan fingerprint density at radius 3 is 2.89 bits per heavy atom. The largest absolute Gasteiger partial charge is 0.495 e. The van der Waals surface area contributed by atoms with Gasteiger partial charge in [0, 0.05) is 19.6 Å². The molecule has 2 aromatic carbocycles. The molecule has 0 aromatic heterocycles. The topological polar surface area (TPSA) is 50.8 Å². The van der Waals surface area contributed by atoms with Crippen molar-refractivity contribution in [1.82, 2.24) is 4.90 Å². The molecule has 0 bridgehead atoms. The van der Waals surface area contributed by atoms with Crippen LogP contribution in [0.1, 0.15) is 23.1 Å². The van der Waals surface area contributed by atoms with E-state index in [0.29, 0.717) is 13.2 Å². The van der Waals surface area contributed by atoms with Gasteiger partial charge in [0.2, 0.25) is 0 Å². The zero-order valence-electron chi connectivity index (χ0n) is 15.7. The van der Waals surface area contributed by atoms with Gasteiger partial charge in [0.25, 0.3) is 5.91 Å². The van der Waals surface area contributed by atoms with E-state index in [1.54, 1.807) is 7.11 Å². The zero-order chi connectivity index (χ0) is 18.6. The van der Waals surface area contributed by atoms with E-state index in [0.717, 1.165) is 43.8 Å². The predicted octanol–water partition coefficient (Wildman–Crippen LogP) is 3.02. The smallest absolute Gasteiger partial charge is 0.254 e. The molecular formula is C22H26N2O3. The number of ether oxygens (including phenoxy) is 2. The predicted molar refractivity (Wildman–Crippen MR) is 105 cm³/mol. The second kappa shape index (κ2) is 8.11. The van der Waals surface area contributed by atoms with Crippen molar-refractivity contribution in [2.75, 3.05) is 32.1 Å². The summed E-state index contributed by atoms with van der Waals surface area (Å²) in [5.74, 6) is 0.632. The number of hydrogen-bond donors (Lipinski definition) is 1. The fourth-order valence-corrected chi connectivity index (χ4v) is 4.00. The molecule has 0 radical (unpaired) electrons. The van der Waals surface area contributed by atoms with E-state index in [1.807, 2.05) is 24.3 Å². The van der Waals surface area contributed by atoms with Crippen LogP contribution in [0, 0.1) is 0 Å².